The van der Waals surface area contributed by atoms with Gasteiger partial charge in [0.15, 0.2) is 0 Å². The molecule has 0 atom stereocenters. The van der Waals surface area contributed by atoms with Crippen LogP contribution in [-0.4, -0.2) is 81.2 Å². The number of carbonyl (C=O) groups is 2. The van der Waals surface area contributed by atoms with Crippen LogP contribution in [-0.2, 0) is 9.59 Å². The minimum absolute atomic E-state index is 0.0919. The number of fused-ring (bicyclic) bond motifs is 1. The van der Waals surface area contributed by atoms with Crippen molar-refractivity contribution in [3.8, 4) is 6.07 Å². The first kappa shape index (κ1) is 25.0. The van der Waals surface area contributed by atoms with Crippen LogP contribution in [0, 0.1) is 11.3 Å². The summed E-state index contributed by atoms with van der Waals surface area (Å²) in [7, 11) is 1.75. The van der Waals surface area contributed by atoms with E-state index in [-0.39, 0.29) is 25.0 Å². The van der Waals surface area contributed by atoms with Gasteiger partial charge in [-0.15, -0.1) is 0 Å². The molecule has 2 amide bonds. The van der Waals surface area contributed by atoms with Gasteiger partial charge in [-0.1, -0.05) is 6.58 Å². The fourth-order valence-electron chi connectivity index (χ4n) is 4.77. The number of hydrogen-bond donors (Lipinski definition) is 3. The van der Waals surface area contributed by atoms with E-state index in [0.29, 0.717) is 59.7 Å². The van der Waals surface area contributed by atoms with Crippen molar-refractivity contribution in [2.24, 2.45) is 11.6 Å². The fraction of sp³-hybridized carbons (Fsp3) is 0.417. The lowest BCUT2D eigenvalue weighted by Crippen LogP contribution is -2.68. The molecular weight excluding hydrogens is 465 g/mol. The molecule has 4 rings (SSSR count). The summed E-state index contributed by atoms with van der Waals surface area (Å²) in [5.74, 6) is 5.46. The number of anilines is 1. The molecular formula is C24H30FN9O2. The third kappa shape index (κ3) is 4.22. The van der Waals surface area contributed by atoms with Gasteiger partial charge >= 0.3 is 0 Å². The normalized spacial score (nSPS) is 18.2. The molecule has 4 heterocycles. The van der Waals surface area contributed by atoms with Crippen LogP contribution in [0.25, 0.3) is 11.2 Å². The molecule has 2 aromatic rings. The summed E-state index contributed by atoms with van der Waals surface area (Å²) in [6, 6.07) is 3.87. The van der Waals surface area contributed by atoms with Crippen molar-refractivity contribution in [1.82, 2.24) is 24.4 Å². The number of amides is 2. The Morgan fingerprint density at radius 1 is 1.36 bits per heavy atom. The molecule has 0 unspecified atom stereocenters. The molecule has 2 fully saturated rings. The van der Waals surface area contributed by atoms with Crippen LogP contribution >= 0.6 is 0 Å². The Hall–Kier alpha value is -4.11. The number of piperidine rings is 1. The summed E-state index contributed by atoms with van der Waals surface area (Å²) in [4.78, 5) is 27.1. The lowest BCUT2D eigenvalue weighted by atomic mass is 9.92. The average molecular weight is 496 g/mol. The fourth-order valence-corrected chi connectivity index (χ4v) is 4.77. The van der Waals surface area contributed by atoms with Gasteiger partial charge in [-0.25, -0.2) is 14.7 Å². The van der Waals surface area contributed by atoms with E-state index in [1.165, 1.54) is 16.0 Å². The minimum atomic E-state index is -2.05. The van der Waals surface area contributed by atoms with Gasteiger partial charge in [0, 0.05) is 43.6 Å². The number of aromatic nitrogens is 2. The number of allylic oxidation sites excluding steroid dienone is 1. The molecule has 2 aromatic heterocycles. The van der Waals surface area contributed by atoms with E-state index in [9.17, 15) is 19.2 Å². The summed E-state index contributed by atoms with van der Waals surface area (Å²) >= 11 is 0. The van der Waals surface area contributed by atoms with E-state index < -0.39 is 11.6 Å². The largest absolute Gasteiger partial charge is 0.397 e. The second kappa shape index (κ2) is 9.50. The topological polar surface area (TPSA) is 149 Å². The molecule has 5 N–H and O–H groups in total. The molecule has 12 heteroatoms. The van der Waals surface area contributed by atoms with Crippen LogP contribution in [0.5, 0.6) is 0 Å². The molecule has 0 saturated carbocycles. The number of nitrogens with two attached hydrogens (primary N) is 2. The van der Waals surface area contributed by atoms with Crippen LogP contribution in [0.3, 0.4) is 0 Å². The van der Waals surface area contributed by atoms with Gasteiger partial charge in [-0.2, -0.15) is 10.4 Å². The Morgan fingerprint density at radius 2 is 2.03 bits per heavy atom. The third-order valence-electron chi connectivity index (χ3n) is 6.99. The van der Waals surface area contributed by atoms with Crippen molar-refractivity contribution >= 4 is 28.7 Å². The number of rotatable bonds is 6. The van der Waals surface area contributed by atoms with Gasteiger partial charge in [0.25, 0.3) is 5.91 Å². The van der Waals surface area contributed by atoms with Gasteiger partial charge in [0.2, 0.25) is 11.6 Å². The molecule has 190 valence electrons. The quantitative estimate of drug-likeness (QED) is 0.303. The van der Waals surface area contributed by atoms with E-state index in [2.05, 4.69) is 23.1 Å². The van der Waals surface area contributed by atoms with Gasteiger partial charge in [0.05, 0.1) is 36.2 Å². The molecule has 2 aliphatic rings. The van der Waals surface area contributed by atoms with Crippen LogP contribution in [0.2, 0.25) is 0 Å². The first-order valence-electron chi connectivity index (χ1n) is 11.6. The number of nitrogens with zero attached hydrogens (tertiary/aromatic N) is 6. The molecule has 0 aliphatic carbocycles. The highest BCUT2D eigenvalue weighted by molar-refractivity contribution is 5.93. The number of alkyl halides is 1. The Kier molecular flexibility index (Phi) is 6.60. The molecule has 2 saturated heterocycles. The highest BCUT2D eigenvalue weighted by Gasteiger charge is 2.53. The van der Waals surface area contributed by atoms with Crippen molar-refractivity contribution in [3.05, 3.63) is 47.9 Å². The van der Waals surface area contributed by atoms with Crippen molar-refractivity contribution in [2.75, 3.05) is 38.5 Å². The summed E-state index contributed by atoms with van der Waals surface area (Å²) < 4.78 is 16.6. The van der Waals surface area contributed by atoms with Gasteiger partial charge in [-0.3, -0.25) is 9.59 Å². The lowest BCUT2D eigenvalue weighted by Gasteiger charge is -2.46. The van der Waals surface area contributed by atoms with Crippen molar-refractivity contribution in [2.45, 2.75) is 31.5 Å². The molecule has 0 bridgehead atoms. The number of pyridine rings is 1. The number of hydrogen-bond acceptors (Lipinski definition) is 8. The van der Waals surface area contributed by atoms with Gasteiger partial charge in [-0.05, 0) is 31.9 Å². The average Bonchev–Trinajstić information content (AvgIpc) is 3.31. The molecule has 11 nitrogen and oxygen atoms in total. The zero-order chi connectivity index (χ0) is 26.2. The van der Waals surface area contributed by atoms with Crippen molar-refractivity contribution in [3.63, 3.8) is 0 Å². The SMILES string of the molecule is C=CC(=O)N1CC(F)(C(=O)N2CCC(N(N)/C(C)=C(\N)c3cc(NC)c4c(C#N)cnn4c3)CC2)C1. The molecule has 0 aromatic carbocycles. The second-order valence-corrected chi connectivity index (χ2v) is 9.15. The van der Waals surface area contributed by atoms with Crippen molar-refractivity contribution < 1.29 is 14.0 Å². The molecule has 0 radical (unpaired) electrons. The maximum Gasteiger partial charge on any atom is 0.264 e. The number of hydrazine groups is 1. The number of halogens is 1. The second-order valence-electron chi connectivity index (χ2n) is 9.15. The molecule has 36 heavy (non-hydrogen) atoms. The Balaban J connectivity index is 1.44. The summed E-state index contributed by atoms with van der Waals surface area (Å²) in [6.07, 6.45) is 5.44. The summed E-state index contributed by atoms with van der Waals surface area (Å²) in [6.45, 7) is 5.41. The maximum absolute atomic E-state index is 15.0. The van der Waals surface area contributed by atoms with E-state index in [4.69, 9.17) is 11.6 Å². The number of likely N-dealkylation sites (tertiary alicyclic amines) is 2. The Bertz CT molecular complexity index is 1280. The predicted molar refractivity (Wildman–Crippen MR) is 132 cm³/mol. The van der Waals surface area contributed by atoms with E-state index >= 15 is 0 Å². The van der Waals surface area contributed by atoms with Crippen LogP contribution in [0.15, 0.2) is 36.8 Å². The first-order chi connectivity index (χ1) is 17.1. The number of nitrogens with one attached hydrogen (secondary N) is 1. The zero-order valence-corrected chi connectivity index (χ0v) is 20.4. The third-order valence-corrected chi connectivity index (χ3v) is 6.99. The van der Waals surface area contributed by atoms with Gasteiger partial charge < -0.3 is 25.9 Å². The smallest absolute Gasteiger partial charge is 0.264 e. The van der Waals surface area contributed by atoms with Crippen LogP contribution in [0.1, 0.15) is 30.9 Å². The van der Waals surface area contributed by atoms with E-state index in [0.717, 1.165) is 6.08 Å². The standard InChI is InChI=1S/C24H30FN9O2/c1-4-20(35)32-13-24(25,14-32)23(36)31-7-5-18(6-8-31)34(28)15(2)21(27)16-9-19(29-3)22-17(10-26)11-30-33(22)12-16/h4,9,11-12,18,29H,1,5-8,13-14,27-28H2,2-3H3/b21-15-. The maximum atomic E-state index is 15.0. The molecule has 0 spiro atoms. The highest BCUT2D eigenvalue weighted by atomic mass is 19.1. The van der Waals surface area contributed by atoms with E-state index in [1.54, 1.807) is 22.8 Å². The highest BCUT2D eigenvalue weighted by Crippen LogP contribution is 2.31. The summed E-state index contributed by atoms with van der Waals surface area (Å²) in [5.41, 5.74) is 8.02. The Morgan fingerprint density at radius 3 is 2.61 bits per heavy atom. The first-order valence-corrected chi connectivity index (χ1v) is 11.6. The minimum Gasteiger partial charge on any atom is -0.397 e. The number of nitriles is 1. The van der Waals surface area contributed by atoms with Crippen molar-refractivity contribution in [1.29, 1.82) is 5.26 Å². The Labute approximate surface area is 208 Å². The summed E-state index contributed by atoms with van der Waals surface area (Å²) in [5, 5.41) is 18.3. The monoisotopic (exact) mass is 495 g/mol. The van der Waals surface area contributed by atoms with Gasteiger partial charge in [0.1, 0.15) is 11.6 Å². The molecule has 2 aliphatic heterocycles. The predicted octanol–water partition coefficient (Wildman–Crippen LogP) is 0.798. The zero-order valence-electron chi connectivity index (χ0n) is 20.4. The number of carbonyl (C=O) groups excluding carboxylic acids is 2. The van der Waals surface area contributed by atoms with Crippen LogP contribution in [0.4, 0.5) is 10.1 Å². The van der Waals surface area contributed by atoms with Crippen LogP contribution < -0.4 is 16.9 Å². The lowest BCUT2D eigenvalue weighted by molar-refractivity contribution is -0.162. The van der Waals surface area contributed by atoms with E-state index in [1.807, 2.05) is 13.0 Å².